The van der Waals surface area contributed by atoms with Gasteiger partial charge in [0.25, 0.3) is 0 Å². The van der Waals surface area contributed by atoms with Gasteiger partial charge in [-0.1, -0.05) is 92.4 Å². The summed E-state index contributed by atoms with van der Waals surface area (Å²) in [6.45, 7) is 19.1. The van der Waals surface area contributed by atoms with E-state index in [4.69, 9.17) is 14.2 Å². The Kier molecular flexibility index (Phi) is 14.3. The standard InChI is InChI=1S/C38H68O6/c1-11-13-14-15-16-17-18-19-20-21-26-43-32(40)36(7,12-2)24-25-37(8,28-34(3,4)31(39)42-10)33(41)44-30-27-29-22-23-38(30,9)35(29,5)6/h29-30H,11-28H2,1-10H3. The fraction of sp³-hybridized carbons (Fsp3) is 0.921. The molecule has 256 valence electrons. The molecule has 2 aliphatic rings. The largest absolute Gasteiger partial charge is 0.469 e. The van der Waals surface area contributed by atoms with Crippen molar-refractivity contribution in [2.24, 2.45) is 33.0 Å². The molecular weight excluding hydrogens is 552 g/mol. The second-order valence-electron chi connectivity index (χ2n) is 16.3. The SMILES string of the molecule is CCCCCCCCCCCCOC(=O)C(C)(CC)CCC(C)(CC(C)(C)C(=O)OC)C(=O)OC1CC2CCC1(C)C2(C)C. The zero-order valence-electron chi connectivity index (χ0n) is 30.3. The third-order valence-electron chi connectivity index (χ3n) is 12.3. The molecule has 0 aromatic carbocycles. The summed E-state index contributed by atoms with van der Waals surface area (Å²) in [5.41, 5.74) is -2.47. The van der Waals surface area contributed by atoms with Crippen molar-refractivity contribution in [2.45, 2.75) is 178 Å². The number of hydrogen-bond acceptors (Lipinski definition) is 6. The zero-order chi connectivity index (χ0) is 33.2. The first kappa shape index (κ1) is 38.6. The Morgan fingerprint density at radius 2 is 1.30 bits per heavy atom. The highest BCUT2D eigenvalue weighted by atomic mass is 16.5. The molecule has 6 nitrogen and oxygen atoms in total. The van der Waals surface area contributed by atoms with E-state index in [2.05, 4.69) is 27.7 Å². The van der Waals surface area contributed by atoms with Crippen molar-refractivity contribution < 1.29 is 28.6 Å². The highest BCUT2D eigenvalue weighted by Gasteiger charge is 2.63. The van der Waals surface area contributed by atoms with Gasteiger partial charge in [-0.15, -0.1) is 0 Å². The van der Waals surface area contributed by atoms with Gasteiger partial charge in [-0.3, -0.25) is 14.4 Å². The third kappa shape index (κ3) is 9.24. The number of rotatable bonds is 21. The first-order valence-electron chi connectivity index (χ1n) is 18.0. The van der Waals surface area contributed by atoms with Crippen LogP contribution in [0.2, 0.25) is 0 Å². The minimum atomic E-state index is -0.951. The van der Waals surface area contributed by atoms with Crippen molar-refractivity contribution in [1.29, 1.82) is 0 Å². The van der Waals surface area contributed by atoms with Gasteiger partial charge in [0.1, 0.15) is 6.10 Å². The summed E-state index contributed by atoms with van der Waals surface area (Å²) < 4.78 is 17.3. The predicted octanol–water partition coefficient (Wildman–Crippen LogP) is 10.0. The number of unbranched alkanes of at least 4 members (excludes halogenated alkanes) is 9. The Balaban J connectivity index is 2.00. The Labute approximate surface area is 270 Å². The van der Waals surface area contributed by atoms with Gasteiger partial charge in [0.05, 0.1) is 30.0 Å². The van der Waals surface area contributed by atoms with Gasteiger partial charge in [-0.2, -0.15) is 0 Å². The van der Waals surface area contributed by atoms with Crippen molar-refractivity contribution in [3.63, 3.8) is 0 Å². The van der Waals surface area contributed by atoms with E-state index in [0.717, 1.165) is 25.7 Å². The van der Waals surface area contributed by atoms with Crippen LogP contribution in [0.4, 0.5) is 0 Å². The van der Waals surface area contributed by atoms with Crippen LogP contribution in [-0.2, 0) is 28.6 Å². The highest BCUT2D eigenvalue weighted by Crippen LogP contribution is 2.66. The lowest BCUT2D eigenvalue weighted by Crippen LogP contribution is -2.44. The minimum Gasteiger partial charge on any atom is -0.469 e. The van der Waals surface area contributed by atoms with E-state index in [-0.39, 0.29) is 41.3 Å². The van der Waals surface area contributed by atoms with Gasteiger partial charge in [-0.05, 0) is 90.4 Å². The van der Waals surface area contributed by atoms with Gasteiger partial charge in [-0.25, -0.2) is 0 Å². The Morgan fingerprint density at radius 1 is 0.750 bits per heavy atom. The van der Waals surface area contributed by atoms with E-state index in [9.17, 15) is 14.4 Å². The van der Waals surface area contributed by atoms with E-state index in [1.807, 2.05) is 34.6 Å². The van der Waals surface area contributed by atoms with Crippen LogP contribution >= 0.6 is 0 Å². The van der Waals surface area contributed by atoms with Crippen LogP contribution in [0.3, 0.4) is 0 Å². The number of methoxy groups -OCH3 is 1. The van der Waals surface area contributed by atoms with Crippen LogP contribution in [0.1, 0.15) is 171 Å². The molecular formula is C38H68O6. The maximum absolute atomic E-state index is 14.1. The summed E-state index contributed by atoms with van der Waals surface area (Å²) in [5.74, 6) is -0.252. The molecule has 0 aromatic heterocycles. The molecule has 5 unspecified atom stereocenters. The molecule has 0 heterocycles. The van der Waals surface area contributed by atoms with E-state index in [1.54, 1.807) is 0 Å². The van der Waals surface area contributed by atoms with Crippen LogP contribution in [0, 0.1) is 33.0 Å². The van der Waals surface area contributed by atoms with E-state index < -0.39 is 16.2 Å². The molecule has 0 aromatic rings. The van der Waals surface area contributed by atoms with Gasteiger partial charge in [0.2, 0.25) is 0 Å². The van der Waals surface area contributed by atoms with E-state index >= 15 is 0 Å². The first-order chi connectivity index (χ1) is 20.5. The maximum Gasteiger partial charge on any atom is 0.312 e. The van der Waals surface area contributed by atoms with E-state index in [1.165, 1.54) is 64.9 Å². The van der Waals surface area contributed by atoms with Gasteiger partial charge < -0.3 is 14.2 Å². The van der Waals surface area contributed by atoms with Crippen molar-refractivity contribution in [2.75, 3.05) is 13.7 Å². The predicted molar refractivity (Wildman–Crippen MR) is 178 cm³/mol. The summed E-state index contributed by atoms with van der Waals surface area (Å²) in [6, 6.07) is 0. The lowest BCUT2D eigenvalue weighted by Gasteiger charge is -2.41. The van der Waals surface area contributed by atoms with Gasteiger partial charge in [0, 0.05) is 5.41 Å². The maximum atomic E-state index is 14.1. The summed E-state index contributed by atoms with van der Waals surface area (Å²) in [4.78, 5) is 40.2. The molecule has 0 spiro atoms. The molecule has 0 amide bonds. The van der Waals surface area contributed by atoms with Crippen molar-refractivity contribution >= 4 is 17.9 Å². The fourth-order valence-corrected chi connectivity index (χ4v) is 8.07. The highest BCUT2D eigenvalue weighted by molar-refractivity contribution is 5.81. The second kappa shape index (κ2) is 16.3. The van der Waals surface area contributed by atoms with Crippen LogP contribution in [-0.4, -0.2) is 37.7 Å². The van der Waals surface area contributed by atoms with Crippen LogP contribution in [0.15, 0.2) is 0 Å². The molecule has 2 bridgehead atoms. The molecule has 2 rings (SSSR count). The monoisotopic (exact) mass is 621 g/mol. The minimum absolute atomic E-state index is 0.0531. The Morgan fingerprint density at radius 3 is 1.77 bits per heavy atom. The molecule has 2 saturated carbocycles. The average molecular weight is 621 g/mol. The first-order valence-corrected chi connectivity index (χ1v) is 18.0. The van der Waals surface area contributed by atoms with E-state index in [0.29, 0.717) is 31.8 Å². The molecule has 0 N–H and O–H groups in total. The lowest BCUT2D eigenvalue weighted by molar-refractivity contribution is -0.174. The van der Waals surface area contributed by atoms with Crippen LogP contribution in [0.25, 0.3) is 0 Å². The Bertz CT molecular complexity index is 940. The van der Waals surface area contributed by atoms with Crippen molar-refractivity contribution in [1.82, 2.24) is 0 Å². The number of carbonyl (C=O) groups is 3. The number of esters is 3. The molecule has 2 aliphatic carbocycles. The average Bonchev–Trinajstić information content (AvgIpc) is 3.31. The topological polar surface area (TPSA) is 78.9 Å². The normalized spacial score (nSPS) is 25.2. The molecule has 5 atom stereocenters. The third-order valence-corrected chi connectivity index (χ3v) is 12.3. The van der Waals surface area contributed by atoms with Gasteiger partial charge in [0.15, 0.2) is 0 Å². The smallest absolute Gasteiger partial charge is 0.312 e. The van der Waals surface area contributed by atoms with Crippen molar-refractivity contribution in [3.8, 4) is 0 Å². The quantitative estimate of drug-likeness (QED) is 0.0722. The summed E-state index contributed by atoms with van der Waals surface area (Å²) >= 11 is 0. The van der Waals surface area contributed by atoms with Gasteiger partial charge >= 0.3 is 17.9 Å². The fourth-order valence-electron chi connectivity index (χ4n) is 8.07. The molecule has 0 radical (unpaired) electrons. The number of ether oxygens (including phenoxy) is 3. The second-order valence-corrected chi connectivity index (χ2v) is 16.3. The molecule has 0 saturated heterocycles. The molecule has 0 aliphatic heterocycles. The molecule has 2 fully saturated rings. The number of carbonyl (C=O) groups excluding carboxylic acids is 3. The summed E-state index contributed by atoms with van der Waals surface area (Å²) in [7, 11) is 1.39. The zero-order valence-corrected chi connectivity index (χ0v) is 30.3. The summed E-state index contributed by atoms with van der Waals surface area (Å²) in [6.07, 6.45) is 17.2. The molecule has 6 heteroatoms. The van der Waals surface area contributed by atoms with Crippen LogP contribution < -0.4 is 0 Å². The lowest BCUT2D eigenvalue weighted by atomic mass is 9.68. The van der Waals surface area contributed by atoms with Crippen molar-refractivity contribution in [3.05, 3.63) is 0 Å². The molecule has 44 heavy (non-hydrogen) atoms. The Hall–Kier alpha value is -1.59. The summed E-state index contributed by atoms with van der Waals surface area (Å²) in [5, 5.41) is 0. The number of fused-ring (bicyclic) bond motifs is 2. The number of hydrogen-bond donors (Lipinski definition) is 0. The van der Waals surface area contributed by atoms with Crippen LogP contribution in [0.5, 0.6) is 0 Å².